The highest BCUT2D eigenvalue weighted by atomic mass is 16.5. The molecule has 0 aliphatic heterocycles. The van der Waals surface area contributed by atoms with Crippen molar-refractivity contribution in [1.82, 2.24) is 5.32 Å². The van der Waals surface area contributed by atoms with Gasteiger partial charge in [-0.25, -0.2) is 0 Å². The minimum atomic E-state index is -0.569. The lowest BCUT2D eigenvalue weighted by molar-refractivity contribution is 0.169. The van der Waals surface area contributed by atoms with Crippen LogP contribution in [-0.2, 0) is 0 Å². The van der Waals surface area contributed by atoms with Crippen LogP contribution in [0.5, 0.6) is 11.5 Å². The molecule has 94 valence electrons. The molecule has 0 spiro atoms. The second kappa shape index (κ2) is 5.38. The standard InChI is InChI=1S/C13H19NO3/c1-16-12-5-3-4-10(13(12)17-2)11(15)8-14-9-6-7-9/h3-5,9,11,14-15H,6-8H2,1-2H3. The summed E-state index contributed by atoms with van der Waals surface area (Å²) in [7, 11) is 3.18. The molecule has 4 heteroatoms. The van der Waals surface area contributed by atoms with E-state index in [2.05, 4.69) is 5.32 Å². The van der Waals surface area contributed by atoms with E-state index in [9.17, 15) is 5.11 Å². The molecule has 1 aliphatic carbocycles. The van der Waals surface area contributed by atoms with Crippen molar-refractivity contribution in [2.75, 3.05) is 20.8 Å². The summed E-state index contributed by atoms with van der Waals surface area (Å²) >= 11 is 0. The van der Waals surface area contributed by atoms with Crippen LogP contribution < -0.4 is 14.8 Å². The smallest absolute Gasteiger partial charge is 0.166 e. The third-order valence-corrected chi connectivity index (χ3v) is 2.97. The maximum absolute atomic E-state index is 10.1. The van der Waals surface area contributed by atoms with E-state index in [1.165, 1.54) is 12.8 Å². The lowest BCUT2D eigenvalue weighted by atomic mass is 10.1. The molecule has 0 amide bonds. The lowest BCUT2D eigenvalue weighted by Crippen LogP contribution is -2.23. The van der Waals surface area contributed by atoms with Crippen molar-refractivity contribution in [3.63, 3.8) is 0 Å². The topological polar surface area (TPSA) is 50.7 Å². The molecular formula is C13H19NO3. The maximum Gasteiger partial charge on any atom is 0.166 e. The van der Waals surface area contributed by atoms with Gasteiger partial charge in [-0.05, 0) is 18.9 Å². The Balaban J connectivity index is 2.11. The van der Waals surface area contributed by atoms with Gasteiger partial charge in [-0.3, -0.25) is 0 Å². The lowest BCUT2D eigenvalue weighted by Gasteiger charge is -2.17. The van der Waals surface area contributed by atoms with E-state index in [1.54, 1.807) is 14.2 Å². The third kappa shape index (κ3) is 2.90. The van der Waals surface area contributed by atoms with Crippen LogP contribution in [-0.4, -0.2) is 31.9 Å². The predicted molar refractivity (Wildman–Crippen MR) is 65.5 cm³/mol. The van der Waals surface area contributed by atoms with Crippen molar-refractivity contribution >= 4 is 0 Å². The van der Waals surface area contributed by atoms with Crippen molar-refractivity contribution < 1.29 is 14.6 Å². The Morgan fingerprint density at radius 3 is 2.71 bits per heavy atom. The van der Waals surface area contributed by atoms with Crippen LogP contribution in [0.25, 0.3) is 0 Å². The first kappa shape index (κ1) is 12.2. The van der Waals surface area contributed by atoms with Gasteiger partial charge in [0.25, 0.3) is 0 Å². The third-order valence-electron chi connectivity index (χ3n) is 2.97. The van der Waals surface area contributed by atoms with Crippen molar-refractivity contribution in [1.29, 1.82) is 0 Å². The van der Waals surface area contributed by atoms with E-state index >= 15 is 0 Å². The van der Waals surface area contributed by atoms with Crippen LogP contribution in [0.4, 0.5) is 0 Å². The zero-order valence-corrected chi connectivity index (χ0v) is 10.3. The number of methoxy groups -OCH3 is 2. The highest BCUT2D eigenvalue weighted by Crippen LogP contribution is 2.34. The van der Waals surface area contributed by atoms with Gasteiger partial charge >= 0.3 is 0 Å². The molecule has 0 radical (unpaired) electrons. The summed E-state index contributed by atoms with van der Waals surface area (Å²) in [6.07, 6.45) is 1.85. The van der Waals surface area contributed by atoms with E-state index in [0.29, 0.717) is 24.1 Å². The molecule has 0 heterocycles. The fourth-order valence-corrected chi connectivity index (χ4v) is 1.85. The van der Waals surface area contributed by atoms with E-state index in [-0.39, 0.29) is 0 Å². The van der Waals surface area contributed by atoms with Crippen molar-refractivity contribution in [3.8, 4) is 11.5 Å². The van der Waals surface area contributed by atoms with Crippen LogP contribution in [0.2, 0.25) is 0 Å². The normalized spacial score (nSPS) is 16.6. The van der Waals surface area contributed by atoms with Crippen molar-refractivity contribution in [2.45, 2.75) is 25.0 Å². The van der Waals surface area contributed by atoms with Crippen LogP contribution in [0, 0.1) is 0 Å². The zero-order chi connectivity index (χ0) is 12.3. The molecule has 0 saturated heterocycles. The van der Waals surface area contributed by atoms with E-state index in [4.69, 9.17) is 9.47 Å². The minimum Gasteiger partial charge on any atom is -0.493 e. The van der Waals surface area contributed by atoms with Crippen molar-refractivity contribution in [2.24, 2.45) is 0 Å². The number of nitrogens with one attached hydrogen (secondary N) is 1. The molecule has 0 bridgehead atoms. The van der Waals surface area contributed by atoms with Gasteiger partial charge in [-0.2, -0.15) is 0 Å². The second-order valence-electron chi connectivity index (χ2n) is 4.28. The van der Waals surface area contributed by atoms with Gasteiger partial charge in [0.15, 0.2) is 11.5 Å². The van der Waals surface area contributed by atoms with Gasteiger partial charge in [0, 0.05) is 18.2 Å². The molecule has 4 nitrogen and oxygen atoms in total. The summed E-state index contributed by atoms with van der Waals surface area (Å²) in [5.41, 5.74) is 0.764. The highest BCUT2D eigenvalue weighted by Gasteiger charge is 2.23. The quantitative estimate of drug-likeness (QED) is 0.787. The number of hydrogen-bond acceptors (Lipinski definition) is 4. The number of benzene rings is 1. The average Bonchev–Trinajstić information content (AvgIpc) is 3.18. The number of hydrogen-bond donors (Lipinski definition) is 2. The maximum atomic E-state index is 10.1. The van der Waals surface area contributed by atoms with Crippen LogP contribution in [0.3, 0.4) is 0 Å². The summed E-state index contributed by atoms with van der Waals surface area (Å²) in [6.45, 7) is 0.550. The van der Waals surface area contributed by atoms with Gasteiger partial charge in [0.2, 0.25) is 0 Å². The molecule has 17 heavy (non-hydrogen) atoms. The molecule has 2 N–H and O–H groups in total. The second-order valence-corrected chi connectivity index (χ2v) is 4.28. The Labute approximate surface area is 102 Å². The Morgan fingerprint density at radius 1 is 1.35 bits per heavy atom. The Morgan fingerprint density at radius 2 is 2.12 bits per heavy atom. The SMILES string of the molecule is COc1cccc(C(O)CNC2CC2)c1OC. The van der Waals surface area contributed by atoms with Gasteiger partial charge in [0.1, 0.15) is 0 Å². The summed E-state index contributed by atoms with van der Waals surface area (Å²) in [5.74, 6) is 1.26. The van der Waals surface area contributed by atoms with Gasteiger partial charge in [0.05, 0.1) is 20.3 Å². The summed E-state index contributed by atoms with van der Waals surface area (Å²) in [4.78, 5) is 0. The first-order valence-electron chi connectivity index (χ1n) is 5.88. The van der Waals surface area contributed by atoms with Gasteiger partial charge in [-0.1, -0.05) is 12.1 Å². The molecule has 0 aromatic heterocycles. The number of ether oxygens (including phenoxy) is 2. The Bertz CT molecular complexity index is 377. The summed E-state index contributed by atoms with van der Waals surface area (Å²) in [5, 5.41) is 13.4. The molecular weight excluding hydrogens is 218 g/mol. The van der Waals surface area contributed by atoms with Crippen molar-refractivity contribution in [3.05, 3.63) is 23.8 Å². The van der Waals surface area contributed by atoms with E-state index < -0.39 is 6.10 Å². The Kier molecular flexibility index (Phi) is 3.86. The molecule has 1 unspecified atom stereocenters. The zero-order valence-electron chi connectivity index (χ0n) is 10.3. The van der Waals surface area contributed by atoms with E-state index in [0.717, 1.165) is 5.56 Å². The minimum absolute atomic E-state index is 0.550. The molecule has 1 atom stereocenters. The first-order valence-corrected chi connectivity index (χ1v) is 5.88. The molecule has 1 fully saturated rings. The average molecular weight is 237 g/mol. The number of para-hydroxylation sites is 1. The predicted octanol–water partition coefficient (Wildman–Crippen LogP) is 1.49. The van der Waals surface area contributed by atoms with Crippen LogP contribution >= 0.6 is 0 Å². The molecule has 2 rings (SSSR count). The van der Waals surface area contributed by atoms with Gasteiger partial charge < -0.3 is 19.9 Å². The first-order chi connectivity index (χ1) is 8.26. The van der Waals surface area contributed by atoms with Crippen LogP contribution in [0.1, 0.15) is 24.5 Å². The fourth-order valence-electron chi connectivity index (χ4n) is 1.85. The van der Waals surface area contributed by atoms with Gasteiger partial charge in [-0.15, -0.1) is 0 Å². The molecule has 1 aromatic rings. The monoisotopic (exact) mass is 237 g/mol. The Hall–Kier alpha value is -1.26. The highest BCUT2D eigenvalue weighted by molar-refractivity contribution is 5.47. The molecule has 1 aromatic carbocycles. The largest absolute Gasteiger partial charge is 0.493 e. The molecule has 1 saturated carbocycles. The number of aliphatic hydroxyl groups is 1. The molecule has 1 aliphatic rings. The van der Waals surface area contributed by atoms with E-state index in [1.807, 2.05) is 18.2 Å². The fraction of sp³-hybridized carbons (Fsp3) is 0.538. The van der Waals surface area contributed by atoms with Crippen LogP contribution in [0.15, 0.2) is 18.2 Å². The number of rotatable bonds is 6. The number of aliphatic hydroxyl groups excluding tert-OH is 1. The summed E-state index contributed by atoms with van der Waals surface area (Å²) in [6, 6.07) is 6.13. The summed E-state index contributed by atoms with van der Waals surface area (Å²) < 4.78 is 10.5.